The Morgan fingerprint density at radius 3 is 2.64 bits per heavy atom. The number of thiazole rings is 1. The molecule has 0 saturated heterocycles. The summed E-state index contributed by atoms with van der Waals surface area (Å²) >= 11 is 1.24. The number of oxazole rings is 1. The number of carbonyl (C=O) groups is 1. The van der Waals surface area contributed by atoms with Crippen LogP contribution in [0.4, 0.5) is 0 Å². The Labute approximate surface area is 255 Å². The molecule has 0 bridgehead atoms. The van der Waals surface area contributed by atoms with Gasteiger partial charge >= 0.3 is 5.97 Å². The van der Waals surface area contributed by atoms with Crippen molar-refractivity contribution in [1.82, 2.24) is 19.7 Å². The average molecular weight is 611 g/mol. The lowest BCUT2D eigenvalue weighted by Crippen LogP contribution is -2.02. The van der Waals surface area contributed by atoms with Crippen LogP contribution in [0.1, 0.15) is 38.1 Å². The lowest BCUT2D eigenvalue weighted by molar-refractivity contribution is 0.0691. The maximum atomic E-state index is 11.2. The number of aryl methyl sites for hydroxylation is 1. The predicted octanol–water partition coefficient (Wildman–Crippen LogP) is 6.92. The minimum Gasteiger partial charge on any atom is -0.493 e. The molecule has 6 rings (SSSR count). The van der Waals surface area contributed by atoms with Crippen LogP contribution in [0.15, 0.2) is 87.3 Å². The van der Waals surface area contributed by atoms with Crippen molar-refractivity contribution in [3.05, 3.63) is 112 Å². The van der Waals surface area contributed by atoms with E-state index in [1.165, 1.54) is 16.7 Å². The van der Waals surface area contributed by atoms with Crippen LogP contribution in [0.5, 0.6) is 17.4 Å². The zero-order valence-corrected chi connectivity index (χ0v) is 24.5. The number of furan rings is 1. The van der Waals surface area contributed by atoms with E-state index in [9.17, 15) is 9.90 Å². The highest BCUT2D eigenvalue weighted by Gasteiger charge is 2.16. The van der Waals surface area contributed by atoms with Gasteiger partial charge in [0, 0.05) is 11.6 Å². The van der Waals surface area contributed by atoms with E-state index in [2.05, 4.69) is 15.1 Å². The van der Waals surface area contributed by atoms with Gasteiger partial charge < -0.3 is 28.2 Å². The summed E-state index contributed by atoms with van der Waals surface area (Å²) < 4.78 is 30.6. The van der Waals surface area contributed by atoms with Crippen LogP contribution >= 0.6 is 11.3 Å². The molecule has 222 valence electrons. The number of hydrogen-bond donors (Lipinski definition) is 1. The van der Waals surface area contributed by atoms with Crippen LogP contribution in [0.2, 0.25) is 0 Å². The third kappa shape index (κ3) is 6.40. The number of nitrogens with zero attached hydrogens (tertiary/aromatic N) is 4. The first-order chi connectivity index (χ1) is 21.5. The highest BCUT2D eigenvalue weighted by Crippen LogP contribution is 2.31. The van der Waals surface area contributed by atoms with Gasteiger partial charge in [-0.25, -0.2) is 19.4 Å². The molecule has 44 heavy (non-hydrogen) atoms. The van der Waals surface area contributed by atoms with Gasteiger partial charge in [-0.3, -0.25) is 0 Å². The zero-order valence-electron chi connectivity index (χ0n) is 23.7. The molecule has 0 atom stereocenters. The number of aromatic carboxylic acids is 1. The summed E-state index contributed by atoms with van der Waals surface area (Å²) in [4.78, 5) is 19.8. The van der Waals surface area contributed by atoms with Gasteiger partial charge in [0.05, 0.1) is 24.6 Å². The SMILES string of the molecule is COc1cc(COc2nn(-c3ccccc3)cc2/C=C/c2nc(C(=O)O)cs2)ccc1OCc1nc(-c2ccco2)oc1C. The first-order valence-corrected chi connectivity index (χ1v) is 14.3. The minimum atomic E-state index is -1.07. The van der Waals surface area contributed by atoms with E-state index in [0.29, 0.717) is 51.1 Å². The van der Waals surface area contributed by atoms with E-state index >= 15 is 0 Å². The third-order valence-electron chi connectivity index (χ3n) is 6.47. The van der Waals surface area contributed by atoms with E-state index in [4.69, 9.17) is 23.0 Å². The van der Waals surface area contributed by atoms with Gasteiger partial charge in [-0.15, -0.1) is 16.4 Å². The Bertz CT molecular complexity index is 1910. The third-order valence-corrected chi connectivity index (χ3v) is 7.28. The smallest absolute Gasteiger partial charge is 0.355 e. The number of benzene rings is 2. The van der Waals surface area contributed by atoms with E-state index in [0.717, 1.165) is 11.3 Å². The molecule has 6 aromatic rings. The molecule has 0 aliphatic carbocycles. The van der Waals surface area contributed by atoms with Crippen LogP contribution in [0.3, 0.4) is 0 Å². The second-order valence-corrected chi connectivity index (χ2v) is 10.3. The highest BCUT2D eigenvalue weighted by molar-refractivity contribution is 7.10. The van der Waals surface area contributed by atoms with Gasteiger partial charge in [-0.05, 0) is 61.0 Å². The summed E-state index contributed by atoms with van der Waals surface area (Å²) in [6.45, 7) is 2.21. The van der Waals surface area contributed by atoms with Crippen LogP contribution in [0, 0.1) is 6.92 Å². The predicted molar refractivity (Wildman–Crippen MR) is 162 cm³/mol. The monoisotopic (exact) mass is 610 g/mol. The number of ether oxygens (including phenoxy) is 3. The number of carboxylic acids is 1. The van der Waals surface area contributed by atoms with Crippen LogP contribution in [-0.2, 0) is 13.2 Å². The van der Waals surface area contributed by atoms with Crippen molar-refractivity contribution in [3.63, 3.8) is 0 Å². The van der Waals surface area contributed by atoms with Gasteiger partial charge in [0.25, 0.3) is 5.89 Å². The van der Waals surface area contributed by atoms with Crippen molar-refractivity contribution in [3.8, 4) is 34.7 Å². The molecule has 4 heterocycles. The van der Waals surface area contributed by atoms with Crippen LogP contribution in [0.25, 0.3) is 29.5 Å². The number of hydrogen-bond acceptors (Lipinski definition) is 10. The number of para-hydroxylation sites is 1. The van der Waals surface area contributed by atoms with E-state index in [1.54, 1.807) is 42.3 Å². The molecule has 1 N–H and O–H groups in total. The topological polar surface area (TPSA) is 135 Å². The number of methoxy groups -OCH3 is 1. The van der Waals surface area contributed by atoms with Crippen molar-refractivity contribution in [2.24, 2.45) is 0 Å². The second kappa shape index (κ2) is 12.7. The molecular weight excluding hydrogens is 584 g/mol. The van der Waals surface area contributed by atoms with E-state index < -0.39 is 5.97 Å². The molecule has 0 radical (unpaired) electrons. The summed E-state index contributed by atoms with van der Waals surface area (Å²) in [5.74, 6) is 1.98. The molecule has 11 nitrogen and oxygen atoms in total. The van der Waals surface area contributed by atoms with Gasteiger partial charge in [0.15, 0.2) is 23.0 Å². The average Bonchev–Trinajstić information content (AvgIpc) is 3.86. The normalized spacial score (nSPS) is 11.2. The molecule has 4 aromatic heterocycles. The molecular formula is C32H26N4O7S. The van der Waals surface area contributed by atoms with E-state index in [-0.39, 0.29) is 18.9 Å². The Morgan fingerprint density at radius 2 is 1.89 bits per heavy atom. The lowest BCUT2D eigenvalue weighted by Gasteiger charge is -2.12. The van der Waals surface area contributed by atoms with Crippen LogP contribution in [-0.4, -0.2) is 37.9 Å². The summed E-state index contributed by atoms with van der Waals surface area (Å²) in [5.41, 5.74) is 3.05. The summed E-state index contributed by atoms with van der Waals surface area (Å²) in [5, 5.41) is 15.9. The number of aromatic nitrogens is 4. The standard InChI is InChI=1S/C32H26N4O7S/c1-20-24(34-31(43-20)27-9-6-14-40-27)18-41-26-12-10-21(15-28(26)39-2)17-42-30-22(11-13-29-33-25(19-44-29)32(37)38)16-36(35-30)23-7-4-3-5-8-23/h3-16,19H,17-18H2,1-2H3,(H,37,38)/b13-11+. The van der Waals surface area contributed by atoms with Crippen molar-refractivity contribution >= 4 is 29.5 Å². The van der Waals surface area contributed by atoms with E-state index in [1.807, 2.05) is 61.7 Å². The van der Waals surface area contributed by atoms with Gasteiger partial charge in [-0.1, -0.05) is 24.3 Å². The largest absolute Gasteiger partial charge is 0.493 e. The molecule has 12 heteroatoms. The molecule has 0 aliphatic heterocycles. The van der Waals surface area contributed by atoms with Crippen molar-refractivity contribution in [2.75, 3.05) is 7.11 Å². The quantitative estimate of drug-likeness (QED) is 0.156. The zero-order chi connectivity index (χ0) is 30.5. The van der Waals surface area contributed by atoms with Gasteiger partial charge in [0.2, 0.25) is 5.88 Å². The molecule has 0 fully saturated rings. The Hall–Kier alpha value is -5.62. The highest BCUT2D eigenvalue weighted by atomic mass is 32.1. The fourth-order valence-electron chi connectivity index (χ4n) is 4.22. The minimum absolute atomic E-state index is 0.00210. The summed E-state index contributed by atoms with van der Waals surface area (Å²) in [6, 6.07) is 18.7. The van der Waals surface area contributed by atoms with Gasteiger partial charge in [0.1, 0.15) is 29.7 Å². The summed E-state index contributed by atoms with van der Waals surface area (Å²) in [7, 11) is 1.57. The maximum absolute atomic E-state index is 11.2. The fourth-order valence-corrected chi connectivity index (χ4v) is 4.90. The molecule has 0 amide bonds. The molecule has 0 unspecified atom stereocenters. The Balaban J connectivity index is 1.17. The first kappa shape index (κ1) is 28.5. The lowest BCUT2D eigenvalue weighted by atomic mass is 10.2. The first-order valence-electron chi connectivity index (χ1n) is 13.4. The molecule has 0 aliphatic rings. The molecule has 0 spiro atoms. The summed E-state index contributed by atoms with van der Waals surface area (Å²) in [6.07, 6.45) is 6.94. The van der Waals surface area contributed by atoms with Crippen molar-refractivity contribution < 1.29 is 32.9 Å². The Morgan fingerprint density at radius 1 is 1.02 bits per heavy atom. The number of carboxylic acid groups (broad SMARTS) is 1. The van der Waals surface area contributed by atoms with Gasteiger partial charge in [-0.2, -0.15) is 0 Å². The van der Waals surface area contributed by atoms with Crippen molar-refractivity contribution in [1.29, 1.82) is 0 Å². The second-order valence-electron chi connectivity index (χ2n) is 9.44. The maximum Gasteiger partial charge on any atom is 0.355 e. The van der Waals surface area contributed by atoms with Crippen molar-refractivity contribution in [2.45, 2.75) is 20.1 Å². The Kier molecular flexibility index (Phi) is 8.23. The fraction of sp³-hybridized carbons (Fsp3) is 0.125. The number of rotatable bonds is 12. The molecule has 0 saturated carbocycles. The van der Waals surface area contributed by atoms with Crippen LogP contribution < -0.4 is 14.2 Å². The molecule has 2 aromatic carbocycles.